The molecule has 1 nitrogen and oxygen atoms in total. The Balaban J connectivity index is 2.55. The zero-order valence-corrected chi connectivity index (χ0v) is 8.35. The second kappa shape index (κ2) is 3.14. The smallest absolute Gasteiger partial charge is 0.0175 e. The van der Waals surface area contributed by atoms with Crippen LogP contribution in [0.3, 0.4) is 0 Å². The van der Waals surface area contributed by atoms with Crippen LogP contribution in [0.15, 0.2) is 0 Å². The molecule has 0 atom stereocenters. The lowest BCUT2D eigenvalue weighted by molar-refractivity contribution is 0.119. The third kappa shape index (κ3) is 1.76. The monoisotopic (exact) mass is 155 g/mol. The van der Waals surface area contributed by atoms with Gasteiger partial charge in [0.1, 0.15) is 0 Å². The summed E-state index contributed by atoms with van der Waals surface area (Å²) in [7, 11) is 4.39. The molecule has 0 N–H and O–H groups in total. The van der Waals surface area contributed by atoms with Gasteiger partial charge in [-0.05, 0) is 46.7 Å². The summed E-state index contributed by atoms with van der Waals surface area (Å²) in [4.78, 5) is 2.36. The highest BCUT2D eigenvalue weighted by atomic mass is 15.1. The summed E-state index contributed by atoms with van der Waals surface area (Å²) in [5, 5.41) is 0. The van der Waals surface area contributed by atoms with Gasteiger partial charge in [0.15, 0.2) is 0 Å². The van der Waals surface area contributed by atoms with Gasteiger partial charge in [-0.15, -0.1) is 0 Å². The van der Waals surface area contributed by atoms with Gasteiger partial charge >= 0.3 is 0 Å². The zero-order chi connectivity index (χ0) is 8.48. The van der Waals surface area contributed by atoms with Gasteiger partial charge in [-0.25, -0.2) is 0 Å². The maximum atomic E-state index is 2.36. The van der Waals surface area contributed by atoms with Crippen molar-refractivity contribution in [3.63, 3.8) is 0 Å². The average molecular weight is 155 g/mol. The van der Waals surface area contributed by atoms with E-state index in [2.05, 4.69) is 32.8 Å². The van der Waals surface area contributed by atoms with Gasteiger partial charge < -0.3 is 4.90 Å². The molecule has 1 aliphatic carbocycles. The van der Waals surface area contributed by atoms with Crippen LogP contribution in [0.4, 0.5) is 0 Å². The first-order valence-corrected chi connectivity index (χ1v) is 4.72. The number of hydrogen-bond acceptors (Lipinski definition) is 1. The largest absolute Gasteiger partial charge is 0.304 e. The predicted octanol–water partition coefficient (Wildman–Crippen LogP) is 2.52. The Bertz CT molecular complexity index is 121. The highest BCUT2D eigenvalue weighted by Crippen LogP contribution is 2.36. The van der Waals surface area contributed by atoms with Crippen LogP contribution in [0.25, 0.3) is 0 Å². The second-order valence-electron chi connectivity index (χ2n) is 4.53. The van der Waals surface area contributed by atoms with E-state index in [-0.39, 0.29) is 0 Å². The number of rotatable bonds is 2. The van der Waals surface area contributed by atoms with E-state index in [0.29, 0.717) is 5.54 Å². The van der Waals surface area contributed by atoms with E-state index in [1.165, 1.54) is 25.7 Å². The zero-order valence-electron chi connectivity index (χ0n) is 8.35. The van der Waals surface area contributed by atoms with Crippen LogP contribution in [-0.2, 0) is 0 Å². The third-order valence-electron chi connectivity index (χ3n) is 3.51. The quantitative estimate of drug-likeness (QED) is 0.592. The van der Waals surface area contributed by atoms with Crippen molar-refractivity contribution in [3.8, 4) is 0 Å². The molecule has 0 radical (unpaired) electrons. The molecule has 1 fully saturated rings. The maximum Gasteiger partial charge on any atom is 0.0175 e. The number of hydrogen-bond donors (Lipinski definition) is 0. The van der Waals surface area contributed by atoms with Crippen LogP contribution in [0.5, 0.6) is 0 Å². The van der Waals surface area contributed by atoms with Crippen molar-refractivity contribution >= 4 is 0 Å². The minimum atomic E-state index is 0.413. The molecule has 0 aromatic carbocycles. The van der Waals surface area contributed by atoms with E-state index in [9.17, 15) is 0 Å². The van der Waals surface area contributed by atoms with Gasteiger partial charge in [-0.2, -0.15) is 0 Å². The maximum absolute atomic E-state index is 2.36. The molecule has 1 aliphatic rings. The van der Waals surface area contributed by atoms with Gasteiger partial charge in [0, 0.05) is 5.54 Å². The molecule has 0 heterocycles. The summed E-state index contributed by atoms with van der Waals surface area (Å²) in [5.74, 6) is 0.928. The van der Waals surface area contributed by atoms with Crippen molar-refractivity contribution in [1.29, 1.82) is 0 Å². The van der Waals surface area contributed by atoms with Crippen LogP contribution in [0.1, 0.15) is 39.5 Å². The van der Waals surface area contributed by atoms with Crippen LogP contribution in [-0.4, -0.2) is 24.5 Å². The predicted molar refractivity (Wildman–Crippen MR) is 49.7 cm³/mol. The van der Waals surface area contributed by atoms with E-state index in [1.54, 1.807) is 0 Å². The fourth-order valence-corrected chi connectivity index (χ4v) is 2.00. The molecule has 0 aromatic heterocycles. The topological polar surface area (TPSA) is 3.24 Å². The normalized spacial score (nSPS) is 21.5. The molecule has 0 unspecified atom stereocenters. The Morgan fingerprint density at radius 3 is 1.91 bits per heavy atom. The van der Waals surface area contributed by atoms with E-state index in [4.69, 9.17) is 0 Å². The molecule has 0 aliphatic heterocycles. The Morgan fingerprint density at radius 1 is 1.09 bits per heavy atom. The highest BCUT2D eigenvalue weighted by Gasteiger charge is 2.33. The van der Waals surface area contributed by atoms with E-state index in [1.807, 2.05) is 0 Å². The van der Waals surface area contributed by atoms with Crippen LogP contribution < -0.4 is 0 Å². The van der Waals surface area contributed by atoms with Crippen molar-refractivity contribution in [1.82, 2.24) is 4.90 Å². The summed E-state index contributed by atoms with van der Waals surface area (Å²) in [6.07, 6.45) is 5.76. The third-order valence-corrected chi connectivity index (χ3v) is 3.51. The Kier molecular flexibility index (Phi) is 2.58. The van der Waals surface area contributed by atoms with Gasteiger partial charge in [-0.1, -0.05) is 12.8 Å². The van der Waals surface area contributed by atoms with Crippen molar-refractivity contribution in [2.75, 3.05) is 14.1 Å². The first-order chi connectivity index (χ1) is 5.05. The number of nitrogens with zero attached hydrogens (tertiary/aromatic N) is 1. The van der Waals surface area contributed by atoms with Gasteiger partial charge in [0.2, 0.25) is 0 Å². The minimum absolute atomic E-state index is 0.413. The summed E-state index contributed by atoms with van der Waals surface area (Å²) >= 11 is 0. The molecule has 0 saturated heterocycles. The van der Waals surface area contributed by atoms with Gasteiger partial charge in [0.05, 0.1) is 0 Å². The lowest BCUT2D eigenvalue weighted by Gasteiger charge is -2.38. The van der Waals surface area contributed by atoms with E-state index < -0.39 is 0 Å². The summed E-state index contributed by atoms with van der Waals surface area (Å²) < 4.78 is 0. The van der Waals surface area contributed by atoms with Crippen molar-refractivity contribution in [2.45, 2.75) is 45.1 Å². The first-order valence-electron chi connectivity index (χ1n) is 4.72. The molecule has 1 rings (SSSR count). The SMILES string of the molecule is CN(C)C(C)(C)C1CCCC1. The van der Waals surface area contributed by atoms with Gasteiger partial charge in [-0.3, -0.25) is 0 Å². The fourth-order valence-electron chi connectivity index (χ4n) is 2.00. The lowest BCUT2D eigenvalue weighted by atomic mass is 9.85. The van der Waals surface area contributed by atoms with Gasteiger partial charge in [0.25, 0.3) is 0 Å². The van der Waals surface area contributed by atoms with Crippen LogP contribution in [0, 0.1) is 5.92 Å². The molecule has 1 heteroatoms. The molecule has 0 spiro atoms. The Labute approximate surface area is 70.8 Å². The molecule has 0 bridgehead atoms. The Hall–Kier alpha value is -0.0400. The van der Waals surface area contributed by atoms with Crippen molar-refractivity contribution in [2.24, 2.45) is 5.92 Å². The molecule has 0 amide bonds. The fraction of sp³-hybridized carbons (Fsp3) is 1.00. The first kappa shape index (κ1) is 9.05. The lowest BCUT2D eigenvalue weighted by Crippen LogP contribution is -2.44. The van der Waals surface area contributed by atoms with Crippen molar-refractivity contribution in [3.05, 3.63) is 0 Å². The van der Waals surface area contributed by atoms with E-state index >= 15 is 0 Å². The van der Waals surface area contributed by atoms with Crippen molar-refractivity contribution < 1.29 is 0 Å². The summed E-state index contributed by atoms with van der Waals surface area (Å²) in [6, 6.07) is 0. The molecular formula is C10H21N. The molecule has 0 aromatic rings. The second-order valence-corrected chi connectivity index (χ2v) is 4.53. The standard InChI is InChI=1S/C10H21N/c1-10(2,11(3)4)9-7-5-6-8-9/h9H,5-8H2,1-4H3. The van der Waals surface area contributed by atoms with Crippen LogP contribution >= 0.6 is 0 Å². The van der Waals surface area contributed by atoms with E-state index in [0.717, 1.165) is 5.92 Å². The Morgan fingerprint density at radius 2 is 1.55 bits per heavy atom. The summed E-state index contributed by atoms with van der Waals surface area (Å²) in [6.45, 7) is 4.73. The average Bonchev–Trinajstić information content (AvgIpc) is 2.37. The molecule has 11 heavy (non-hydrogen) atoms. The molecule has 1 saturated carbocycles. The minimum Gasteiger partial charge on any atom is -0.304 e. The highest BCUT2D eigenvalue weighted by molar-refractivity contribution is 4.88. The molecule has 66 valence electrons. The molecular weight excluding hydrogens is 134 g/mol. The summed E-state index contributed by atoms with van der Waals surface area (Å²) in [5.41, 5.74) is 0.413. The van der Waals surface area contributed by atoms with Crippen LogP contribution in [0.2, 0.25) is 0 Å².